The number of carbonyl (C=O) groups excluding carboxylic acids is 3. The Morgan fingerprint density at radius 3 is 0.942 bits per heavy atom. The lowest BCUT2D eigenvalue weighted by molar-refractivity contribution is -0.167. The molecule has 6 heteroatoms. The van der Waals surface area contributed by atoms with Crippen LogP contribution in [0.5, 0.6) is 0 Å². The molecule has 0 aliphatic rings. The third-order valence-electron chi connectivity index (χ3n) is 10.3. The van der Waals surface area contributed by atoms with E-state index < -0.39 is 6.10 Å². The molecule has 0 aliphatic carbocycles. The van der Waals surface area contributed by atoms with E-state index in [1.54, 1.807) is 0 Å². The molecule has 308 valence electrons. The summed E-state index contributed by atoms with van der Waals surface area (Å²) in [6, 6.07) is 0. The van der Waals surface area contributed by atoms with Gasteiger partial charge in [0.05, 0.1) is 0 Å². The van der Waals surface area contributed by atoms with Crippen molar-refractivity contribution in [2.75, 3.05) is 13.2 Å². The Balaban J connectivity index is 4.33. The number of unbranched alkanes of at least 4 members (excludes halogenated alkanes) is 28. The smallest absolute Gasteiger partial charge is 0.306 e. The third-order valence-corrected chi connectivity index (χ3v) is 10.3. The number of carbonyl (C=O) groups is 3. The molecule has 0 heterocycles. The molecule has 0 unspecified atom stereocenters. The van der Waals surface area contributed by atoms with E-state index in [2.05, 4.69) is 27.7 Å². The van der Waals surface area contributed by atoms with E-state index in [4.69, 9.17) is 14.2 Å². The van der Waals surface area contributed by atoms with Crippen LogP contribution in [0.1, 0.15) is 252 Å². The molecule has 0 aromatic carbocycles. The molecular weight excluding hydrogens is 648 g/mol. The zero-order valence-corrected chi connectivity index (χ0v) is 35.3. The van der Waals surface area contributed by atoms with Gasteiger partial charge in [0.25, 0.3) is 0 Å². The Morgan fingerprint density at radius 2 is 0.635 bits per heavy atom. The van der Waals surface area contributed by atoms with Crippen LogP contribution in [0, 0.1) is 5.92 Å². The maximum Gasteiger partial charge on any atom is 0.306 e. The van der Waals surface area contributed by atoms with Gasteiger partial charge in [-0.2, -0.15) is 0 Å². The molecule has 0 aliphatic heterocycles. The Labute approximate surface area is 323 Å². The van der Waals surface area contributed by atoms with E-state index in [9.17, 15) is 14.4 Å². The van der Waals surface area contributed by atoms with Crippen LogP contribution in [-0.2, 0) is 28.6 Å². The molecule has 0 fully saturated rings. The van der Waals surface area contributed by atoms with Gasteiger partial charge in [-0.05, 0) is 25.2 Å². The number of ether oxygens (including phenoxy) is 3. The highest BCUT2D eigenvalue weighted by atomic mass is 16.6. The van der Waals surface area contributed by atoms with Crippen LogP contribution >= 0.6 is 0 Å². The third kappa shape index (κ3) is 39.6. The molecule has 0 aromatic rings. The summed E-state index contributed by atoms with van der Waals surface area (Å²) in [6.45, 7) is 8.96. The highest BCUT2D eigenvalue weighted by Crippen LogP contribution is 2.16. The minimum Gasteiger partial charge on any atom is -0.462 e. The maximum absolute atomic E-state index is 12.7. The van der Waals surface area contributed by atoms with Gasteiger partial charge in [-0.3, -0.25) is 14.4 Å². The average Bonchev–Trinajstić information content (AvgIpc) is 3.12. The van der Waals surface area contributed by atoms with Gasteiger partial charge >= 0.3 is 17.9 Å². The molecule has 0 aromatic heterocycles. The van der Waals surface area contributed by atoms with Crippen molar-refractivity contribution >= 4 is 17.9 Å². The second-order valence-corrected chi connectivity index (χ2v) is 16.2. The number of esters is 3. The van der Waals surface area contributed by atoms with Crippen molar-refractivity contribution in [3.05, 3.63) is 0 Å². The molecule has 0 saturated carbocycles. The van der Waals surface area contributed by atoms with Crippen LogP contribution in [0.4, 0.5) is 0 Å². The SMILES string of the molecule is CCCCCCCCCCCCCCC(=O)O[C@H](COC(=O)CCCCCCCCCCCC)COC(=O)CCCCCCCCCCCC(C)C. The van der Waals surface area contributed by atoms with Crippen molar-refractivity contribution in [1.29, 1.82) is 0 Å². The Bertz CT molecular complexity index is 781. The molecule has 6 nitrogen and oxygen atoms in total. The quantitative estimate of drug-likeness (QED) is 0.0353. The largest absolute Gasteiger partial charge is 0.462 e. The zero-order chi connectivity index (χ0) is 38.2. The van der Waals surface area contributed by atoms with E-state index >= 15 is 0 Å². The number of hydrogen-bond acceptors (Lipinski definition) is 6. The Hall–Kier alpha value is -1.59. The molecule has 0 saturated heterocycles. The van der Waals surface area contributed by atoms with Crippen LogP contribution in [0.25, 0.3) is 0 Å². The molecule has 0 radical (unpaired) electrons. The fourth-order valence-electron chi connectivity index (χ4n) is 6.80. The van der Waals surface area contributed by atoms with Gasteiger partial charge in [0.1, 0.15) is 13.2 Å². The second kappa shape index (κ2) is 40.6. The lowest BCUT2D eigenvalue weighted by Gasteiger charge is -2.18. The van der Waals surface area contributed by atoms with Gasteiger partial charge in [0.15, 0.2) is 6.10 Å². The summed E-state index contributed by atoms with van der Waals surface area (Å²) in [4.78, 5) is 37.7. The van der Waals surface area contributed by atoms with Gasteiger partial charge < -0.3 is 14.2 Å². The summed E-state index contributed by atoms with van der Waals surface area (Å²) < 4.78 is 16.7. The van der Waals surface area contributed by atoms with E-state index in [1.165, 1.54) is 148 Å². The standard InChI is InChI=1S/C46H88O6/c1-5-7-9-11-13-15-17-18-22-27-31-35-39-46(49)52-43(40-50-44(47)37-33-29-25-21-16-14-12-10-8-6-2)41-51-45(48)38-34-30-26-23-19-20-24-28-32-36-42(3)4/h42-43H,5-41H2,1-4H3/t43-/m1/s1. The molecule has 0 N–H and O–H groups in total. The topological polar surface area (TPSA) is 78.9 Å². The van der Waals surface area contributed by atoms with E-state index in [1.807, 2.05) is 0 Å². The van der Waals surface area contributed by atoms with Crippen LogP contribution in [0.15, 0.2) is 0 Å². The van der Waals surface area contributed by atoms with E-state index in [0.29, 0.717) is 19.3 Å². The van der Waals surface area contributed by atoms with E-state index in [-0.39, 0.29) is 31.1 Å². The van der Waals surface area contributed by atoms with Crippen LogP contribution < -0.4 is 0 Å². The molecule has 52 heavy (non-hydrogen) atoms. The molecular formula is C46H88O6. The fraction of sp³-hybridized carbons (Fsp3) is 0.935. The normalized spacial score (nSPS) is 11.9. The summed E-state index contributed by atoms with van der Waals surface area (Å²) in [5.74, 6) is -0.0470. The highest BCUT2D eigenvalue weighted by molar-refractivity contribution is 5.71. The monoisotopic (exact) mass is 737 g/mol. The number of rotatable bonds is 41. The second-order valence-electron chi connectivity index (χ2n) is 16.2. The summed E-state index contributed by atoms with van der Waals surface area (Å²) >= 11 is 0. The van der Waals surface area contributed by atoms with Crippen molar-refractivity contribution in [3.63, 3.8) is 0 Å². The van der Waals surface area contributed by atoms with Crippen molar-refractivity contribution in [1.82, 2.24) is 0 Å². The lowest BCUT2D eigenvalue weighted by Crippen LogP contribution is -2.30. The Morgan fingerprint density at radius 1 is 0.365 bits per heavy atom. The molecule has 0 amide bonds. The maximum atomic E-state index is 12.7. The highest BCUT2D eigenvalue weighted by Gasteiger charge is 2.19. The zero-order valence-electron chi connectivity index (χ0n) is 35.3. The van der Waals surface area contributed by atoms with Crippen molar-refractivity contribution in [2.45, 2.75) is 259 Å². The van der Waals surface area contributed by atoms with Gasteiger partial charge in [-0.25, -0.2) is 0 Å². The van der Waals surface area contributed by atoms with Gasteiger partial charge in [0.2, 0.25) is 0 Å². The first-order valence-electron chi connectivity index (χ1n) is 22.9. The van der Waals surface area contributed by atoms with E-state index in [0.717, 1.165) is 63.7 Å². The first kappa shape index (κ1) is 50.4. The molecule has 1 atom stereocenters. The molecule has 0 spiro atoms. The van der Waals surface area contributed by atoms with Gasteiger partial charge in [-0.15, -0.1) is 0 Å². The summed E-state index contributed by atoms with van der Waals surface area (Å²) in [5, 5.41) is 0. The lowest BCUT2D eigenvalue weighted by atomic mass is 10.0. The minimum atomic E-state index is -0.758. The minimum absolute atomic E-state index is 0.0640. The van der Waals surface area contributed by atoms with Crippen molar-refractivity contribution in [3.8, 4) is 0 Å². The average molecular weight is 737 g/mol. The predicted molar refractivity (Wildman–Crippen MR) is 220 cm³/mol. The van der Waals surface area contributed by atoms with Crippen LogP contribution in [0.2, 0.25) is 0 Å². The Kier molecular flexibility index (Phi) is 39.4. The van der Waals surface area contributed by atoms with Crippen LogP contribution in [-0.4, -0.2) is 37.2 Å². The first-order valence-corrected chi connectivity index (χ1v) is 22.9. The summed E-state index contributed by atoms with van der Waals surface area (Å²) in [6.07, 6.45) is 39.4. The van der Waals surface area contributed by atoms with Crippen LogP contribution in [0.3, 0.4) is 0 Å². The summed E-state index contributed by atoms with van der Waals surface area (Å²) in [7, 11) is 0. The molecule has 0 rings (SSSR count). The van der Waals surface area contributed by atoms with Crippen molar-refractivity contribution < 1.29 is 28.6 Å². The molecule has 0 bridgehead atoms. The number of hydrogen-bond donors (Lipinski definition) is 0. The first-order chi connectivity index (χ1) is 25.4. The van der Waals surface area contributed by atoms with Gasteiger partial charge in [-0.1, -0.05) is 214 Å². The summed E-state index contributed by atoms with van der Waals surface area (Å²) in [5.41, 5.74) is 0. The fourth-order valence-corrected chi connectivity index (χ4v) is 6.80. The van der Waals surface area contributed by atoms with Gasteiger partial charge in [0, 0.05) is 19.3 Å². The predicted octanol–water partition coefficient (Wildman–Crippen LogP) is 14.3. The van der Waals surface area contributed by atoms with Crippen molar-refractivity contribution in [2.24, 2.45) is 5.92 Å².